The molecule has 1 N–H and O–H groups in total. The fourth-order valence-corrected chi connectivity index (χ4v) is 2.44. The summed E-state index contributed by atoms with van der Waals surface area (Å²) in [4.78, 5) is 4.26. The number of para-hydroxylation sites is 3. The van der Waals surface area contributed by atoms with Crippen LogP contribution in [0.1, 0.15) is 0 Å². The molecule has 2 aromatic carbocycles. The number of hydrogen-bond acceptors (Lipinski definition) is 3. The first-order chi connectivity index (χ1) is 10.2. The summed E-state index contributed by atoms with van der Waals surface area (Å²) in [5.41, 5.74) is 1.72. The Labute approximate surface area is 127 Å². The number of ether oxygens (including phenoxy) is 1. The zero-order valence-electron chi connectivity index (χ0n) is 11.3. The molecule has 0 fully saturated rings. The van der Waals surface area contributed by atoms with E-state index in [1.807, 2.05) is 54.6 Å². The van der Waals surface area contributed by atoms with Gasteiger partial charge in [0.2, 0.25) is 5.28 Å². The molecule has 0 aliphatic heterocycles. The van der Waals surface area contributed by atoms with Gasteiger partial charge in [0, 0.05) is 0 Å². The lowest BCUT2D eigenvalue weighted by atomic mass is 10.3. The number of nitrogens with zero attached hydrogens (tertiary/aromatic N) is 2. The molecule has 0 saturated heterocycles. The Morgan fingerprint density at radius 3 is 2.62 bits per heavy atom. The molecule has 0 bridgehead atoms. The summed E-state index contributed by atoms with van der Waals surface area (Å²) in [6.07, 6.45) is -0.666. The van der Waals surface area contributed by atoms with Crippen molar-refractivity contribution in [3.8, 4) is 5.75 Å². The molecule has 3 aromatic rings. The van der Waals surface area contributed by atoms with Crippen LogP contribution in [0.3, 0.4) is 0 Å². The molecule has 4 nitrogen and oxygen atoms in total. The van der Waals surface area contributed by atoms with Crippen LogP contribution in [0.25, 0.3) is 11.0 Å². The van der Waals surface area contributed by atoms with Crippen molar-refractivity contribution in [2.45, 2.75) is 12.6 Å². The molecule has 0 aliphatic carbocycles. The first-order valence-electron chi connectivity index (χ1n) is 6.71. The second-order valence-electron chi connectivity index (χ2n) is 4.76. The highest BCUT2D eigenvalue weighted by atomic mass is 35.5. The van der Waals surface area contributed by atoms with Gasteiger partial charge in [-0.05, 0) is 35.9 Å². The monoisotopic (exact) mass is 302 g/mol. The highest BCUT2D eigenvalue weighted by Crippen LogP contribution is 2.20. The van der Waals surface area contributed by atoms with Gasteiger partial charge in [0.25, 0.3) is 0 Å². The van der Waals surface area contributed by atoms with Gasteiger partial charge in [-0.15, -0.1) is 0 Å². The van der Waals surface area contributed by atoms with Gasteiger partial charge in [0.05, 0.1) is 17.6 Å². The summed E-state index contributed by atoms with van der Waals surface area (Å²) in [5.74, 6) is 0.734. The van der Waals surface area contributed by atoms with Crippen molar-refractivity contribution in [1.82, 2.24) is 9.55 Å². The van der Waals surface area contributed by atoms with Crippen molar-refractivity contribution in [3.63, 3.8) is 0 Å². The SMILES string of the molecule is OC(COc1ccccc1)Cn1c(Cl)nc2ccccc21. The Morgan fingerprint density at radius 1 is 1.10 bits per heavy atom. The number of imidazole rings is 1. The van der Waals surface area contributed by atoms with Crippen LogP contribution < -0.4 is 4.74 Å². The number of rotatable bonds is 5. The van der Waals surface area contributed by atoms with Gasteiger partial charge in [-0.3, -0.25) is 0 Å². The van der Waals surface area contributed by atoms with Crippen molar-refractivity contribution in [1.29, 1.82) is 0 Å². The highest BCUT2D eigenvalue weighted by Gasteiger charge is 2.13. The molecule has 3 rings (SSSR count). The standard InChI is InChI=1S/C16H15ClN2O2/c17-16-18-14-8-4-5-9-15(14)19(16)10-12(20)11-21-13-6-2-1-3-7-13/h1-9,12,20H,10-11H2. The van der Waals surface area contributed by atoms with Gasteiger partial charge >= 0.3 is 0 Å². The first-order valence-corrected chi connectivity index (χ1v) is 7.08. The molecule has 0 aliphatic rings. The molecular formula is C16H15ClN2O2. The summed E-state index contributed by atoms with van der Waals surface area (Å²) in [7, 11) is 0. The topological polar surface area (TPSA) is 47.3 Å². The zero-order chi connectivity index (χ0) is 14.7. The van der Waals surface area contributed by atoms with Crippen LogP contribution in [0.4, 0.5) is 0 Å². The first kappa shape index (κ1) is 13.9. The lowest BCUT2D eigenvalue weighted by molar-refractivity contribution is 0.0935. The summed E-state index contributed by atoms with van der Waals surface area (Å²) >= 11 is 6.13. The fourth-order valence-electron chi connectivity index (χ4n) is 2.19. The van der Waals surface area contributed by atoms with E-state index in [9.17, 15) is 5.11 Å². The van der Waals surface area contributed by atoms with E-state index in [0.29, 0.717) is 11.8 Å². The molecule has 1 aromatic heterocycles. The number of aliphatic hydroxyl groups excluding tert-OH is 1. The molecule has 5 heteroatoms. The summed E-state index contributed by atoms with van der Waals surface area (Å²) in [6, 6.07) is 17.1. The minimum atomic E-state index is -0.666. The molecule has 21 heavy (non-hydrogen) atoms. The third kappa shape index (κ3) is 3.17. The number of aliphatic hydroxyl groups is 1. The van der Waals surface area contributed by atoms with Gasteiger partial charge in [-0.2, -0.15) is 0 Å². The van der Waals surface area contributed by atoms with Crippen LogP contribution in [0.2, 0.25) is 5.28 Å². The van der Waals surface area contributed by atoms with E-state index in [0.717, 1.165) is 16.8 Å². The minimum absolute atomic E-state index is 0.201. The van der Waals surface area contributed by atoms with E-state index in [1.165, 1.54) is 0 Å². The Bertz CT molecular complexity index is 727. The normalized spacial score (nSPS) is 12.5. The van der Waals surface area contributed by atoms with E-state index < -0.39 is 6.10 Å². The number of fused-ring (bicyclic) bond motifs is 1. The smallest absolute Gasteiger partial charge is 0.203 e. The minimum Gasteiger partial charge on any atom is -0.491 e. The van der Waals surface area contributed by atoms with Gasteiger partial charge in [-0.25, -0.2) is 4.98 Å². The lowest BCUT2D eigenvalue weighted by Gasteiger charge is -2.14. The number of halogens is 1. The molecule has 0 amide bonds. The molecule has 1 heterocycles. The highest BCUT2D eigenvalue weighted by molar-refractivity contribution is 6.29. The predicted octanol–water partition coefficient (Wildman–Crippen LogP) is 3.13. The fraction of sp³-hybridized carbons (Fsp3) is 0.188. The Morgan fingerprint density at radius 2 is 1.81 bits per heavy atom. The van der Waals surface area contributed by atoms with E-state index in [4.69, 9.17) is 16.3 Å². The van der Waals surface area contributed by atoms with E-state index in [2.05, 4.69) is 4.98 Å². The second-order valence-corrected chi connectivity index (χ2v) is 5.10. The molecule has 1 atom stereocenters. The van der Waals surface area contributed by atoms with Crippen molar-refractivity contribution < 1.29 is 9.84 Å². The second kappa shape index (κ2) is 6.16. The Kier molecular flexibility index (Phi) is 4.08. The number of aromatic nitrogens is 2. The van der Waals surface area contributed by atoms with Gasteiger partial charge in [-0.1, -0.05) is 30.3 Å². The zero-order valence-corrected chi connectivity index (χ0v) is 12.1. The van der Waals surface area contributed by atoms with Crippen molar-refractivity contribution in [2.24, 2.45) is 0 Å². The van der Waals surface area contributed by atoms with Gasteiger partial charge in [0.1, 0.15) is 18.5 Å². The van der Waals surface area contributed by atoms with E-state index >= 15 is 0 Å². The lowest BCUT2D eigenvalue weighted by Crippen LogP contribution is -2.23. The number of benzene rings is 2. The van der Waals surface area contributed by atoms with Crippen molar-refractivity contribution in [3.05, 3.63) is 59.9 Å². The van der Waals surface area contributed by atoms with Crippen LogP contribution >= 0.6 is 11.6 Å². The Hall–Kier alpha value is -2.04. The molecule has 0 saturated carbocycles. The van der Waals surface area contributed by atoms with Crippen LogP contribution in [-0.4, -0.2) is 27.4 Å². The third-order valence-corrected chi connectivity index (χ3v) is 3.48. The molecular weight excluding hydrogens is 288 g/mol. The maximum Gasteiger partial charge on any atom is 0.203 e. The summed E-state index contributed by atoms with van der Waals surface area (Å²) < 4.78 is 7.33. The van der Waals surface area contributed by atoms with Crippen LogP contribution in [0, 0.1) is 0 Å². The molecule has 0 spiro atoms. The third-order valence-electron chi connectivity index (χ3n) is 3.19. The quantitative estimate of drug-likeness (QED) is 0.787. The summed E-state index contributed by atoms with van der Waals surface area (Å²) in [6.45, 7) is 0.541. The molecule has 1 unspecified atom stereocenters. The molecule has 108 valence electrons. The van der Waals surface area contributed by atoms with Crippen LogP contribution in [-0.2, 0) is 6.54 Å². The maximum atomic E-state index is 10.1. The maximum absolute atomic E-state index is 10.1. The molecule has 0 radical (unpaired) electrons. The van der Waals surface area contributed by atoms with Crippen molar-refractivity contribution >= 4 is 22.6 Å². The van der Waals surface area contributed by atoms with Gasteiger partial charge in [0.15, 0.2) is 0 Å². The van der Waals surface area contributed by atoms with E-state index in [1.54, 1.807) is 4.57 Å². The largest absolute Gasteiger partial charge is 0.491 e. The van der Waals surface area contributed by atoms with Crippen LogP contribution in [0.5, 0.6) is 5.75 Å². The van der Waals surface area contributed by atoms with Crippen LogP contribution in [0.15, 0.2) is 54.6 Å². The Balaban J connectivity index is 1.69. The predicted molar refractivity (Wildman–Crippen MR) is 82.7 cm³/mol. The van der Waals surface area contributed by atoms with Crippen molar-refractivity contribution in [2.75, 3.05) is 6.61 Å². The average Bonchev–Trinajstić information content (AvgIpc) is 2.82. The average molecular weight is 303 g/mol. The number of hydrogen-bond donors (Lipinski definition) is 1. The van der Waals surface area contributed by atoms with E-state index in [-0.39, 0.29) is 6.61 Å². The van der Waals surface area contributed by atoms with Gasteiger partial charge < -0.3 is 14.4 Å². The summed E-state index contributed by atoms with van der Waals surface area (Å²) in [5, 5.41) is 10.5.